The van der Waals surface area contributed by atoms with E-state index >= 15 is 0 Å². The van der Waals surface area contributed by atoms with E-state index in [4.69, 9.17) is 11.6 Å². The quantitative estimate of drug-likeness (QED) is 0.825. The number of nitrogens with one attached hydrogen (secondary N) is 1. The molecule has 0 spiro atoms. The number of thiophene rings is 1. The molecule has 19 heavy (non-hydrogen) atoms. The first-order valence-electron chi connectivity index (χ1n) is 6.25. The van der Waals surface area contributed by atoms with Crippen molar-refractivity contribution in [1.82, 2.24) is 5.32 Å². The van der Waals surface area contributed by atoms with Gasteiger partial charge in [0, 0.05) is 15.8 Å². The van der Waals surface area contributed by atoms with Crippen LogP contribution in [0, 0.1) is 11.7 Å². The Balaban J connectivity index is 2.32. The normalized spacial score (nSPS) is 12.9. The van der Waals surface area contributed by atoms with Gasteiger partial charge in [-0.15, -0.1) is 11.3 Å². The van der Waals surface area contributed by atoms with Crippen LogP contribution in [0.2, 0.25) is 5.02 Å². The lowest BCUT2D eigenvalue weighted by molar-refractivity contribution is 0.449. The highest BCUT2D eigenvalue weighted by Gasteiger charge is 2.16. The maximum atomic E-state index is 13.5. The molecule has 0 aliphatic carbocycles. The van der Waals surface area contributed by atoms with Crippen LogP contribution in [0.5, 0.6) is 0 Å². The average Bonchev–Trinajstić information content (AvgIpc) is 2.82. The van der Waals surface area contributed by atoms with Gasteiger partial charge in [-0.3, -0.25) is 0 Å². The number of halogens is 2. The van der Waals surface area contributed by atoms with E-state index < -0.39 is 0 Å². The van der Waals surface area contributed by atoms with Crippen LogP contribution in [-0.2, 0) is 0 Å². The molecule has 2 aromatic rings. The second kappa shape index (κ2) is 6.04. The van der Waals surface area contributed by atoms with Gasteiger partial charge in [-0.1, -0.05) is 31.5 Å². The van der Waals surface area contributed by atoms with Crippen molar-refractivity contribution in [3.8, 4) is 10.4 Å². The summed E-state index contributed by atoms with van der Waals surface area (Å²) in [6.07, 6.45) is 0. The molecule has 1 atom stereocenters. The van der Waals surface area contributed by atoms with Crippen LogP contribution < -0.4 is 5.32 Å². The van der Waals surface area contributed by atoms with Crippen LogP contribution in [0.4, 0.5) is 4.39 Å². The van der Waals surface area contributed by atoms with Gasteiger partial charge >= 0.3 is 0 Å². The summed E-state index contributed by atoms with van der Waals surface area (Å²) in [6.45, 7) is 4.37. The third-order valence-electron chi connectivity index (χ3n) is 3.12. The number of hydrogen-bond donors (Lipinski definition) is 1. The molecule has 0 aliphatic rings. The Kier molecular flexibility index (Phi) is 4.61. The van der Waals surface area contributed by atoms with E-state index in [1.165, 1.54) is 10.9 Å². The van der Waals surface area contributed by atoms with E-state index in [1.54, 1.807) is 17.4 Å². The summed E-state index contributed by atoms with van der Waals surface area (Å²) in [7, 11) is 1.96. The first-order valence-corrected chi connectivity index (χ1v) is 7.44. The van der Waals surface area contributed by atoms with Crippen LogP contribution in [-0.4, -0.2) is 7.05 Å². The number of hydrogen-bond acceptors (Lipinski definition) is 2. The van der Waals surface area contributed by atoms with Crippen molar-refractivity contribution >= 4 is 22.9 Å². The Morgan fingerprint density at radius 3 is 2.53 bits per heavy atom. The highest BCUT2D eigenvalue weighted by molar-refractivity contribution is 7.15. The molecule has 2 rings (SSSR count). The molecule has 0 aliphatic heterocycles. The van der Waals surface area contributed by atoms with Crippen molar-refractivity contribution in [2.45, 2.75) is 19.9 Å². The third-order valence-corrected chi connectivity index (χ3v) is 4.64. The van der Waals surface area contributed by atoms with E-state index in [9.17, 15) is 4.39 Å². The van der Waals surface area contributed by atoms with Crippen molar-refractivity contribution in [2.75, 3.05) is 7.05 Å². The Hall–Kier alpha value is -0.900. The molecule has 1 heterocycles. The molecule has 0 bridgehead atoms. The van der Waals surface area contributed by atoms with Crippen molar-refractivity contribution < 1.29 is 4.39 Å². The van der Waals surface area contributed by atoms with Crippen molar-refractivity contribution in [2.24, 2.45) is 5.92 Å². The Morgan fingerprint density at radius 2 is 1.95 bits per heavy atom. The fraction of sp³-hybridized carbons (Fsp3) is 0.333. The van der Waals surface area contributed by atoms with Gasteiger partial charge in [0.15, 0.2) is 0 Å². The largest absolute Gasteiger partial charge is 0.312 e. The summed E-state index contributed by atoms with van der Waals surface area (Å²) in [5, 5.41) is 3.48. The molecule has 4 heteroatoms. The first kappa shape index (κ1) is 14.5. The van der Waals surface area contributed by atoms with Crippen LogP contribution >= 0.6 is 22.9 Å². The molecular formula is C15H17ClFNS. The SMILES string of the molecule is CNC(c1ccc(-c2ccc(Cl)c(F)c2)s1)C(C)C. The van der Waals surface area contributed by atoms with Gasteiger partial charge in [-0.2, -0.15) is 0 Å². The van der Waals surface area contributed by atoms with Crippen molar-refractivity contribution in [3.05, 3.63) is 46.0 Å². The Labute approximate surface area is 122 Å². The zero-order valence-corrected chi connectivity index (χ0v) is 12.8. The van der Waals surface area contributed by atoms with Crippen LogP contribution in [0.1, 0.15) is 24.8 Å². The minimum absolute atomic E-state index is 0.163. The van der Waals surface area contributed by atoms with Crippen LogP contribution in [0.3, 0.4) is 0 Å². The summed E-state index contributed by atoms with van der Waals surface area (Å²) < 4.78 is 13.5. The summed E-state index contributed by atoms with van der Waals surface area (Å²) in [6, 6.07) is 9.41. The highest BCUT2D eigenvalue weighted by atomic mass is 35.5. The fourth-order valence-corrected chi connectivity index (χ4v) is 3.53. The predicted octanol–water partition coefficient (Wildman–Crippen LogP) is 5.12. The molecule has 1 aromatic heterocycles. The molecule has 1 nitrogen and oxygen atoms in total. The van der Waals surface area contributed by atoms with Gasteiger partial charge < -0.3 is 5.32 Å². The van der Waals surface area contributed by atoms with Gasteiger partial charge in [-0.05, 0) is 42.8 Å². The molecule has 1 unspecified atom stereocenters. The molecule has 0 radical (unpaired) electrons. The van der Waals surface area contributed by atoms with Gasteiger partial charge in [0.1, 0.15) is 5.82 Å². The lowest BCUT2D eigenvalue weighted by atomic mass is 10.0. The summed E-state index contributed by atoms with van der Waals surface area (Å²) >= 11 is 7.40. The molecule has 0 saturated heterocycles. The number of benzene rings is 1. The van der Waals surface area contributed by atoms with E-state index in [0.29, 0.717) is 12.0 Å². The van der Waals surface area contributed by atoms with Gasteiger partial charge in [0.05, 0.1) is 5.02 Å². The van der Waals surface area contributed by atoms with Gasteiger partial charge in [0.2, 0.25) is 0 Å². The molecule has 102 valence electrons. The molecule has 0 saturated carbocycles. The monoisotopic (exact) mass is 297 g/mol. The predicted molar refractivity (Wildman–Crippen MR) is 81.4 cm³/mol. The lowest BCUT2D eigenvalue weighted by Crippen LogP contribution is -2.20. The van der Waals surface area contributed by atoms with Crippen LogP contribution in [0.25, 0.3) is 10.4 Å². The summed E-state index contributed by atoms with van der Waals surface area (Å²) in [5.41, 5.74) is 0.872. The second-order valence-corrected chi connectivity index (χ2v) is 6.36. The molecule has 0 amide bonds. The molecule has 0 fully saturated rings. The Bertz CT molecular complexity index is 565. The third kappa shape index (κ3) is 3.16. The van der Waals surface area contributed by atoms with Crippen molar-refractivity contribution in [1.29, 1.82) is 0 Å². The summed E-state index contributed by atoms with van der Waals surface area (Å²) in [4.78, 5) is 2.33. The molecular weight excluding hydrogens is 281 g/mol. The minimum Gasteiger partial charge on any atom is -0.312 e. The average molecular weight is 298 g/mol. The van der Waals surface area contributed by atoms with Gasteiger partial charge in [0.25, 0.3) is 0 Å². The smallest absolute Gasteiger partial charge is 0.142 e. The van der Waals surface area contributed by atoms with E-state index in [1.807, 2.05) is 19.2 Å². The number of rotatable bonds is 4. The first-order chi connectivity index (χ1) is 9.02. The second-order valence-electron chi connectivity index (χ2n) is 4.84. The van der Waals surface area contributed by atoms with E-state index in [0.717, 1.165) is 10.4 Å². The lowest BCUT2D eigenvalue weighted by Gasteiger charge is -2.18. The van der Waals surface area contributed by atoms with Crippen molar-refractivity contribution in [3.63, 3.8) is 0 Å². The van der Waals surface area contributed by atoms with E-state index in [-0.39, 0.29) is 10.8 Å². The maximum Gasteiger partial charge on any atom is 0.142 e. The molecule has 1 N–H and O–H groups in total. The van der Waals surface area contributed by atoms with Gasteiger partial charge in [-0.25, -0.2) is 4.39 Å². The standard InChI is InChI=1S/C15H17ClFNS/c1-9(2)15(18-3)14-7-6-13(19-14)10-4-5-11(16)12(17)8-10/h4-9,15,18H,1-3H3. The molecule has 1 aromatic carbocycles. The zero-order chi connectivity index (χ0) is 14.0. The maximum absolute atomic E-state index is 13.5. The minimum atomic E-state index is -0.372. The fourth-order valence-electron chi connectivity index (χ4n) is 2.13. The van der Waals surface area contributed by atoms with Crippen LogP contribution in [0.15, 0.2) is 30.3 Å². The Morgan fingerprint density at radius 1 is 1.21 bits per heavy atom. The topological polar surface area (TPSA) is 12.0 Å². The zero-order valence-electron chi connectivity index (χ0n) is 11.2. The summed E-state index contributed by atoms with van der Waals surface area (Å²) in [5.74, 6) is 0.140. The highest BCUT2D eigenvalue weighted by Crippen LogP contribution is 2.34. The van der Waals surface area contributed by atoms with E-state index in [2.05, 4.69) is 25.2 Å².